The lowest BCUT2D eigenvalue weighted by molar-refractivity contribution is -0.126. The molecule has 0 saturated heterocycles. The summed E-state index contributed by atoms with van der Waals surface area (Å²) in [5.74, 6) is 2.31. The monoisotopic (exact) mass is 239 g/mol. The van der Waals surface area contributed by atoms with Crippen LogP contribution >= 0.6 is 0 Å². The molecular formula is C15H29NO. The number of Topliss-reactive ketones (excluding diaryl/α,β-unsaturated/α-hetero) is 1. The summed E-state index contributed by atoms with van der Waals surface area (Å²) >= 11 is 0. The largest absolute Gasteiger partial charge is 0.303 e. The second kappa shape index (κ2) is 7.15. The molecule has 0 aromatic rings. The van der Waals surface area contributed by atoms with Crippen LogP contribution in [0.3, 0.4) is 0 Å². The smallest absolute Gasteiger partial charge is 0.137 e. The molecule has 1 fully saturated rings. The van der Waals surface area contributed by atoms with Gasteiger partial charge < -0.3 is 4.90 Å². The second-order valence-electron chi connectivity index (χ2n) is 5.83. The summed E-state index contributed by atoms with van der Waals surface area (Å²) in [7, 11) is 0. The number of hydrogen-bond donors (Lipinski definition) is 0. The van der Waals surface area contributed by atoms with Gasteiger partial charge in [-0.2, -0.15) is 0 Å². The van der Waals surface area contributed by atoms with Gasteiger partial charge in [-0.15, -0.1) is 0 Å². The Balaban J connectivity index is 2.51. The van der Waals surface area contributed by atoms with E-state index in [9.17, 15) is 4.79 Å². The fourth-order valence-corrected chi connectivity index (χ4v) is 2.93. The van der Waals surface area contributed by atoms with Crippen LogP contribution in [-0.2, 0) is 4.79 Å². The summed E-state index contributed by atoms with van der Waals surface area (Å²) in [6.07, 6.45) is 4.24. The highest BCUT2D eigenvalue weighted by Gasteiger charge is 2.30. The summed E-state index contributed by atoms with van der Waals surface area (Å²) < 4.78 is 0. The van der Waals surface area contributed by atoms with E-state index < -0.39 is 0 Å². The predicted octanol–water partition coefficient (Wildman–Crippen LogP) is 3.36. The van der Waals surface area contributed by atoms with Gasteiger partial charge in [-0.25, -0.2) is 0 Å². The third kappa shape index (κ3) is 4.42. The van der Waals surface area contributed by atoms with E-state index in [1.807, 2.05) is 0 Å². The fourth-order valence-electron chi connectivity index (χ4n) is 2.93. The van der Waals surface area contributed by atoms with Crippen LogP contribution in [0.25, 0.3) is 0 Å². The van der Waals surface area contributed by atoms with Crippen molar-refractivity contribution < 1.29 is 4.79 Å². The molecule has 1 saturated carbocycles. The zero-order chi connectivity index (χ0) is 12.8. The molecule has 0 spiro atoms. The Labute approximate surface area is 107 Å². The van der Waals surface area contributed by atoms with Gasteiger partial charge in [-0.3, -0.25) is 4.79 Å². The lowest BCUT2D eigenvalue weighted by atomic mass is 9.75. The summed E-state index contributed by atoms with van der Waals surface area (Å²) in [5, 5.41) is 0. The maximum Gasteiger partial charge on any atom is 0.137 e. The third-order valence-corrected chi connectivity index (χ3v) is 4.21. The molecule has 0 aromatic heterocycles. The molecular weight excluding hydrogens is 210 g/mol. The van der Waals surface area contributed by atoms with E-state index in [0.29, 0.717) is 11.7 Å². The van der Waals surface area contributed by atoms with Gasteiger partial charge in [-0.05, 0) is 44.2 Å². The van der Waals surface area contributed by atoms with Gasteiger partial charge in [0.2, 0.25) is 0 Å². The first-order valence-electron chi connectivity index (χ1n) is 7.33. The number of rotatable bonds is 6. The molecule has 2 nitrogen and oxygen atoms in total. The maximum absolute atomic E-state index is 12.0. The SMILES string of the molecule is CCCN(CC)CC1CC(C(C)C)CCC1=O. The minimum absolute atomic E-state index is 0.308. The van der Waals surface area contributed by atoms with E-state index in [2.05, 4.69) is 32.6 Å². The topological polar surface area (TPSA) is 20.3 Å². The van der Waals surface area contributed by atoms with Crippen molar-refractivity contribution in [1.29, 1.82) is 0 Å². The summed E-state index contributed by atoms with van der Waals surface area (Å²) in [4.78, 5) is 14.4. The van der Waals surface area contributed by atoms with E-state index >= 15 is 0 Å². The quantitative estimate of drug-likeness (QED) is 0.708. The van der Waals surface area contributed by atoms with Crippen molar-refractivity contribution in [3.8, 4) is 0 Å². The first-order chi connectivity index (χ1) is 8.08. The zero-order valence-corrected chi connectivity index (χ0v) is 12.0. The van der Waals surface area contributed by atoms with Gasteiger partial charge >= 0.3 is 0 Å². The van der Waals surface area contributed by atoms with Crippen molar-refractivity contribution in [2.75, 3.05) is 19.6 Å². The van der Waals surface area contributed by atoms with Gasteiger partial charge in [0.05, 0.1) is 0 Å². The molecule has 0 N–H and O–H groups in total. The summed E-state index contributed by atoms with van der Waals surface area (Å²) in [5.41, 5.74) is 0. The Bertz CT molecular complexity index is 237. The zero-order valence-electron chi connectivity index (χ0n) is 12.0. The fraction of sp³-hybridized carbons (Fsp3) is 0.933. The Hall–Kier alpha value is -0.370. The van der Waals surface area contributed by atoms with Crippen LogP contribution in [0.2, 0.25) is 0 Å². The highest BCUT2D eigenvalue weighted by atomic mass is 16.1. The molecule has 0 aliphatic heterocycles. The molecule has 0 amide bonds. The Morgan fingerprint density at radius 3 is 2.59 bits per heavy atom. The molecule has 0 aromatic carbocycles. The normalized spacial score (nSPS) is 25.9. The van der Waals surface area contributed by atoms with Gasteiger partial charge in [0.15, 0.2) is 0 Å². The lowest BCUT2D eigenvalue weighted by Crippen LogP contribution is -2.37. The van der Waals surface area contributed by atoms with Gasteiger partial charge in [0, 0.05) is 18.9 Å². The maximum atomic E-state index is 12.0. The van der Waals surface area contributed by atoms with Crippen molar-refractivity contribution >= 4 is 5.78 Å². The number of carbonyl (C=O) groups is 1. The Morgan fingerprint density at radius 2 is 2.06 bits per heavy atom. The molecule has 0 bridgehead atoms. The van der Waals surface area contributed by atoms with E-state index in [1.165, 1.54) is 6.42 Å². The number of hydrogen-bond acceptors (Lipinski definition) is 2. The van der Waals surface area contributed by atoms with Crippen LogP contribution in [0.15, 0.2) is 0 Å². The van der Waals surface area contributed by atoms with Crippen molar-refractivity contribution in [2.24, 2.45) is 17.8 Å². The molecule has 1 aliphatic rings. The highest BCUT2D eigenvalue weighted by Crippen LogP contribution is 2.32. The molecule has 0 radical (unpaired) electrons. The van der Waals surface area contributed by atoms with Gasteiger partial charge in [0.1, 0.15) is 5.78 Å². The van der Waals surface area contributed by atoms with Crippen molar-refractivity contribution in [1.82, 2.24) is 4.90 Å². The van der Waals surface area contributed by atoms with E-state index in [1.54, 1.807) is 0 Å². The van der Waals surface area contributed by atoms with Crippen LogP contribution in [0.1, 0.15) is 53.4 Å². The van der Waals surface area contributed by atoms with Crippen LogP contribution in [0.5, 0.6) is 0 Å². The first kappa shape index (κ1) is 14.7. The predicted molar refractivity (Wildman–Crippen MR) is 73.1 cm³/mol. The summed E-state index contributed by atoms with van der Waals surface area (Å²) in [6.45, 7) is 12.2. The van der Waals surface area contributed by atoms with Crippen molar-refractivity contribution in [3.05, 3.63) is 0 Å². The van der Waals surface area contributed by atoms with Crippen LogP contribution in [-0.4, -0.2) is 30.3 Å². The molecule has 1 rings (SSSR count). The van der Waals surface area contributed by atoms with Gasteiger partial charge in [0.25, 0.3) is 0 Å². The van der Waals surface area contributed by atoms with Crippen LogP contribution in [0, 0.1) is 17.8 Å². The van der Waals surface area contributed by atoms with Crippen molar-refractivity contribution in [2.45, 2.75) is 53.4 Å². The average molecular weight is 239 g/mol. The Kier molecular flexibility index (Phi) is 6.18. The standard InChI is InChI=1S/C15H29NO/c1-5-9-16(6-2)11-14-10-13(12(3)4)7-8-15(14)17/h12-14H,5-11H2,1-4H3. The molecule has 2 unspecified atom stereocenters. The molecule has 1 aliphatic carbocycles. The van der Waals surface area contributed by atoms with Crippen molar-refractivity contribution in [3.63, 3.8) is 0 Å². The van der Waals surface area contributed by atoms with Gasteiger partial charge in [-0.1, -0.05) is 27.7 Å². The minimum atomic E-state index is 0.308. The first-order valence-corrected chi connectivity index (χ1v) is 7.33. The molecule has 2 atom stereocenters. The average Bonchev–Trinajstić information content (AvgIpc) is 2.30. The molecule has 0 heterocycles. The van der Waals surface area contributed by atoms with E-state index in [-0.39, 0.29) is 0 Å². The van der Waals surface area contributed by atoms with E-state index in [0.717, 1.165) is 50.7 Å². The van der Waals surface area contributed by atoms with Crippen LogP contribution < -0.4 is 0 Å². The third-order valence-electron chi connectivity index (χ3n) is 4.21. The lowest BCUT2D eigenvalue weighted by Gasteiger charge is -2.33. The number of ketones is 1. The van der Waals surface area contributed by atoms with E-state index in [4.69, 9.17) is 0 Å². The van der Waals surface area contributed by atoms with Crippen LogP contribution in [0.4, 0.5) is 0 Å². The number of carbonyl (C=O) groups excluding carboxylic acids is 1. The second-order valence-corrected chi connectivity index (χ2v) is 5.83. The summed E-state index contributed by atoms with van der Waals surface area (Å²) in [6, 6.07) is 0. The minimum Gasteiger partial charge on any atom is -0.303 e. The number of nitrogens with zero attached hydrogens (tertiary/aromatic N) is 1. The molecule has 100 valence electrons. The Morgan fingerprint density at radius 1 is 1.35 bits per heavy atom. The highest BCUT2D eigenvalue weighted by molar-refractivity contribution is 5.82. The molecule has 2 heteroatoms. The molecule has 17 heavy (non-hydrogen) atoms.